The van der Waals surface area contributed by atoms with E-state index in [2.05, 4.69) is 30.6 Å². The van der Waals surface area contributed by atoms with Crippen molar-refractivity contribution < 1.29 is 0 Å². The SMILES string of the molecule is C=CCN(CC)CC1(CCC)CCCNC1. The molecule has 0 saturated carbocycles. The van der Waals surface area contributed by atoms with Crippen LogP contribution in [0.2, 0.25) is 0 Å². The molecule has 0 radical (unpaired) electrons. The van der Waals surface area contributed by atoms with Crippen LogP contribution in [0.4, 0.5) is 0 Å². The third-order valence-electron chi connectivity index (χ3n) is 3.73. The van der Waals surface area contributed by atoms with Crippen LogP contribution in [0.5, 0.6) is 0 Å². The lowest BCUT2D eigenvalue weighted by atomic mass is 9.76. The maximum Gasteiger partial charge on any atom is 0.0160 e. The van der Waals surface area contributed by atoms with Gasteiger partial charge in [-0.2, -0.15) is 0 Å². The Kier molecular flexibility index (Phi) is 6.07. The average Bonchev–Trinajstić information content (AvgIpc) is 2.30. The molecule has 2 nitrogen and oxygen atoms in total. The summed E-state index contributed by atoms with van der Waals surface area (Å²) in [4.78, 5) is 2.52. The first-order valence-corrected chi connectivity index (χ1v) is 6.80. The molecule has 2 heteroatoms. The molecule has 1 N–H and O–H groups in total. The standard InChI is InChI=1S/C14H28N2/c1-4-8-14(9-7-10-15-12-14)13-16(6-3)11-5-2/h5,15H,2,4,6-13H2,1,3H3. The first-order valence-electron chi connectivity index (χ1n) is 6.80. The Bertz CT molecular complexity index is 189. The molecule has 1 unspecified atom stereocenters. The summed E-state index contributed by atoms with van der Waals surface area (Å²) in [6, 6.07) is 0. The van der Waals surface area contributed by atoms with E-state index in [1.54, 1.807) is 0 Å². The molecular weight excluding hydrogens is 196 g/mol. The molecule has 0 aromatic carbocycles. The highest BCUT2D eigenvalue weighted by Gasteiger charge is 2.32. The van der Waals surface area contributed by atoms with E-state index in [9.17, 15) is 0 Å². The summed E-state index contributed by atoms with van der Waals surface area (Å²) in [7, 11) is 0. The molecule has 0 aromatic heterocycles. The van der Waals surface area contributed by atoms with Crippen molar-refractivity contribution in [2.75, 3.05) is 32.7 Å². The maximum absolute atomic E-state index is 3.85. The minimum Gasteiger partial charge on any atom is -0.316 e. The van der Waals surface area contributed by atoms with Crippen LogP contribution in [0.1, 0.15) is 39.5 Å². The molecule has 16 heavy (non-hydrogen) atoms. The lowest BCUT2D eigenvalue weighted by Crippen LogP contribution is -2.47. The zero-order valence-electron chi connectivity index (χ0n) is 11.1. The number of likely N-dealkylation sites (N-methyl/N-ethyl adjacent to an activating group) is 1. The maximum atomic E-state index is 3.85. The van der Waals surface area contributed by atoms with Crippen LogP contribution in [-0.2, 0) is 0 Å². The highest BCUT2D eigenvalue weighted by atomic mass is 15.1. The van der Waals surface area contributed by atoms with Crippen molar-refractivity contribution in [2.45, 2.75) is 39.5 Å². The van der Waals surface area contributed by atoms with Gasteiger partial charge in [0.05, 0.1) is 0 Å². The van der Waals surface area contributed by atoms with Gasteiger partial charge < -0.3 is 5.32 Å². The molecule has 1 atom stereocenters. The van der Waals surface area contributed by atoms with Gasteiger partial charge in [0.1, 0.15) is 0 Å². The molecule has 1 aliphatic heterocycles. The first-order chi connectivity index (χ1) is 7.76. The molecule has 0 spiro atoms. The van der Waals surface area contributed by atoms with Gasteiger partial charge in [-0.15, -0.1) is 6.58 Å². The Balaban J connectivity index is 2.56. The van der Waals surface area contributed by atoms with E-state index < -0.39 is 0 Å². The molecule has 1 aliphatic rings. The van der Waals surface area contributed by atoms with Crippen molar-refractivity contribution in [1.82, 2.24) is 10.2 Å². The highest BCUT2D eigenvalue weighted by Crippen LogP contribution is 2.32. The number of rotatable bonds is 7. The van der Waals surface area contributed by atoms with Crippen molar-refractivity contribution in [3.8, 4) is 0 Å². The molecule has 0 amide bonds. The normalized spacial score (nSPS) is 25.9. The number of nitrogens with one attached hydrogen (secondary N) is 1. The van der Waals surface area contributed by atoms with Gasteiger partial charge in [0.25, 0.3) is 0 Å². The van der Waals surface area contributed by atoms with Gasteiger partial charge >= 0.3 is 0 Å². The van der Waals surface area contributed by atoms with Crippen LogP contribution in [0, 0.1) is 5.41 Å². The molecular formula is C14H28N2. The largest absolute Gasteiger partial charge is 0.316 e. The smallest absolute Gasteiger partial charge is 0.0160 e. The second-order valence-corrected chi connectivity index (χ2v) is 5.15. The minimum absolute atomic E-state index is 0.520. The van der Waals surface area contributed by atoms with Gasteiger partial charge in [-0.1, -0.05) is 26.3 Å². The Labute approximate surface area is 101 Å². The molecule has 94 valence electrons. The van der Waals surface area contributed by atoms with Crippen LogP contribution in [0.25, 0.3) is 0 Å². The topological polar surface area (TPSA) is 15.3 Å². The number of piperidine rings is 1. The van der Waals surface area contributed by atoms with Crippen LogP contribution in [-0.4, -0.2) is 37.6 Å². The molecule has 0 aromatic rings. The van der Waals surface area contributed by atoms with Crippen LogP contribution >= 0.6 is 0 Å². The molecule has 0 bridgehead atoms. The molecule has 1 rings (SSSR count). The fourth-order valence-corrected chi connectivity index (χ4v) is 2.95. The van der Waals surface area contributed by atoms with Crippen molar-refractivity contribution >= 4 is 0 Å². The molecule has 0 aliphatic carbocycles. The second kappa shape index (κ2) is 7.08. The number of hydrogen-bond donors (Lipinski definition) is 1. The fraction of sp³-hybridized carbons (Fsp3) is 0.857. The monoisotopic (exact) mass is 224 g/mol. The summed E-state index contributed by atoms with van der Waals surface area (Å²) in [5.74, 6) is 0. The van der Waals surface area contributed by atoms with Crippen LogP contribution in [0.15, 0.2) is 12.7 Å². The zero-order chi connectivity index (χ0) is 11.9. The van der Waals surface area contributed by atoms with E-state index in [1.807, 2.05) is 6.08 Å². The second-order valence-electron chi connectivity index (χ2n) is 5.15. The lowest BCUT2D eigenvalue weighted by molar-refractivity contribution is 0.116. The first kappa shape index (κ1) is 13.7. The quantitative estimate of drug-likeness (QED) is 0.669. The minimum atomic E-state index is 0.520. The van der Waals surface area contributed by atoms with E-state index in [0.717, 1.165) is 13.1 Å². The van der Waals surface area contributed by atoms with E-state index >= 15 is 0 Å². The van der Waals surface area contributed by atoms with E-state index in [4.69, 9.17) is 0 Å². The Morgan fingerprint density at radius 2 is 2.25 bits per heavy atom. The van der Waals surface area contributed by atoms with Crippen LogP contribution in [0.3, 0.4) is 0 Å². The van der Waals surface area contributed by atoms with Gasteiger partial charge in [-0.05, 0) is 37.8 Å². The Morgan fingerprint density at radius 1 is 1.44 bits per heavy atom. The molecule has 1 fully saturated rings. The Morgan fingerprint density at radius 3 is 2.75 bits per heavy atom. The predicted octanol–water partition coefficient (Wildman–Crippen LogP) is 2.66. The highest BCUT2D eigenvalue weighted by molar-refractivity contribution is 4.89. The fourth-order valence-electron chi connectivity index (χ4n) is 2.95. The van der Waals surface area contributed by atoms with Gasteiger partial charge in [0, 0.05) is 19.6 Å². The van der Waals surface area contributed by atoms with E-state index in [-0.39, 0.29) is 0 Å². The summed E-state index contributed by atoms with van der Waals surface area (Å²) in [5, 5.41) is 3.58. The zero-order valence-corrected chi connectivity index (χ0v) is 11.1. The molecule has 1 heterocycles. The summed E-state index contributed by atoms with van der Waals surface area (Å²) in [6.45, 7) is 14.2. The van der Waals surface area contributed by atoms with Gasteiger partial charge in [-0.25, -0.2) is 0 Å². The third-order valence-corrected chi connectivity index (χ3v) is 3.73. The number of hydrogen-bond acceptors (Lipinski definition) is 2. The van der Waals surface area contributed by atoms with Gasteiger partial charge in [0.2, 0.25) is 0 Å². The lowest BCUT2D eigenvalue weighted by Gasteiger charge is -2.41. The summed E-state index contributed by atoms with van der Waals surface area (Å²) < 4.78 is 0. The van der Waals surface area contributed by atoms with Crippen molar-refractivity contribution in [2.24, 2.45) is 5.41 Å². The van der Waals surface area contributed by atoms with E-state index in [0.29, 0.717) is 5.41 Å². The summed E-state index contributed by atoms with van der Waals surface area (Å²) >= 11 is 0. The van der Waals surface area contributed by atoms with Crippen molar-refractivity contribution in [3.05, 3.63) is 12.7 Å². The Hall–Kier alpha value is -0.340. The summed E-state index contributed by atoms with van der Waals surface area (Å²) in [6.07, 6.45) is 7.41. The number of nitrogens with zero attached hydrogens (tertiary/aromatic N) is 1. The molecule has 1 saturated heterocycles. The van der Waals surface area contributed by atoms with Crippen molar-refractivity contribution in [1.29, 1.82) is 0 Å². The van der Waals surface area contributed by atoms with Gasteiger partial charge in [-0.3, -0.25) is 4.90 Å². The third kappa shape index (κ3) is 3.91. The van der Waals surface area contributed by atoms with Crippen LogP contribution < -0.4 is 5.32 Å². The summed E-state index contributed by atoms with van der Waals surface area (Å²) in [5.41, 5.74) is 0.520. The average molecular weight is 224 g/mol. The predicted molar refractivity (Wildman–Crippen MR) is 71.8 cm³/mol. The van der Waals surface area contributed by atoms with E-state index in [1.165, 1.54) is 45.3 Å². The van der Waals surface area contributed by atoms with Crippen molar-refractivity contribution in [3.63, 3.8) is 0 Å². The van der Waals surface area contributed by atoms with Gasteiger partial charge in [0.15, 0.2) is 0 Å².